The Morgan fingerprint density at radius 1 is 1.26 bits per heavy atom. The van der Waals surface area contributed by atoms with Gasteiger partial charge in [-0.1, -0.05) is 0 Å². The van der Waals surface area contributed by atoms with Crippen LogP contribution in [-0.4, -0.2) is 60.7 Å². The molecule has 0 aromatic carbocycles. The summed E-state index contributed by atoms with van der Waals surface area (Å²) < 4.78 is 4.91. The summed E-state index contributed by atoms with van der Waals surface area (Å²) in [6.45, 7) is 3.72. The number of likely N-dealkylation sites (tertiary alicyclic amines) is 1. The summed E-state index contributed by atoms with van der Waals surface area (Å²) in [6, 6.07) is 1.82. The van der Waals surface area contributed by atoms with Gasteiger partial charge in [0.15, 0.2) is 0 Å². The molecule has 0 bridgehead atoms. The number of carbonyl (C=O) groups is 1. The van der Waals surface area contributed by atoms with E-state index in [1.54, 1.807) is 19.5 Å². The fourth-order valence-electron chi connectivity index (χ4n) is 3.03. The summed E-state index contributed by atoms with van der Waals surface area (Å²) in [5, 5.41) is 0. The molecule has 0 N–H and O–H groups in total. The lowest BCUT2D eigenvalue weighted by Gasteiger charge is -2.21. The van der Waals surface area contributed by atoms with Gasteiger partial charge in [-0.3, -0.25) is 4.79 Å². The second kappa shape index (κ2) is 5.13. The number of amides is 1. The maximum Gasteiger partial charge on any atom is 0.248 e. The van der Waals surface area contributed by atoms with Crippen molar-refractivity contribution in [3.63, 3.8) is 0 Å². The number of rotatable bonds is 3. The maximum absolute atomic E-state index is 11.8. The quantitative estimate of drug-likeness (QED) is 0.768. The fraction of sp³-hybridized carbons (Fsp3) is 0.615. The summed E-state index contributed by atoms with van der Waals surface area (Å²) in [7, 11) is 1.56. The molecule has 2 atom stereocenters. The third-order valence-electron chi connectivity index (χ3n) is 3.94. The van der Waals surface area contributed by atoms with Crippen molar-refractivity contribution in [1.82, 2.24) is 14.9 Å². The van der Waals surface area contributed by atoms with Crippen LogP contribution in [0.5, 0.6) is 0 Å². The molecule has 1 aromatic rings. The van der Waals surface area contributed by atoms with Crippen molar-refractivity contribution in [1.29, 1.82) is 0 Å². The molecule has 2 aliphatic heterocycles. The summed E-state index contributed by atoms with van der Waals surface area (Å²) >= 11 is 0. The van der Waals surface area contributed by atoms with Crippen LogP contribution < -0.4 is 4.90 Å². The van der Waals surface area contributed by atoms with Gasteiger partial charge in [0.2, 0.25) is 11.9 Å². The van der Waals surface area contributed by atoms with E-state index >= 15 is 0 Å². The Hall–Kier alpha value is -1.69. The number of carbonyl (C=O) groups excluding carboxylic acids is 1. The smallest absolute Gasteiger partial charge is 0.248 e. The summed E-state index contributed by atoms with van der Waals surface area (Å²) in [6.07, 6.45) is 3.54. The standard InChI is InChI=1S/C13H18N4O2/c1-19-9-12(18)16-5-10-7-17(8-11(10)6-16)13-14-3-2-4-15-13/h2-4,10-11H,5-9H2,1H3. The molecule has 2 aliphatic rings. The van der Waals surface area contributed by atoms with Crippen molar-refractivity contribution >= 4 is 11.9 Å². The van der Waals surface area contributed by atoms with Crippen LogP contribution in [0.25, 0.3) is 0 Å². The predicted molar refractivity (Wildman–Crippen MR) is 69.7 cm³/mol. The van der Waals surface area contributed by atoms with Gasteiger partial charge in [0.25, 0.3) is 0 Å². The Balaban J connectivity index is 1.60. The highest BCUT2D eigenvalue weighted by Gasteiger charge is 2.42. The second-order valence-electron chi connectivity index (χ2n) is 5.21. The molecule has 3 rings (SSSR count). The first kappa shape index (κ1) is 12.3. The summed E-state index contributed by atoms with van der Waals surface area (Å²) in [5.41, 5.74) is 0. The van der Waals surface area contributed by atoms with E-state index in [2.05, 4.69) is 14.9 Å². The van der Waals surface area contributed by atoms with E-state index in [0.29, 0.717) is 11.8 Å². The van der Waals surface area contributed by atoms with Crippen molar-refractivity contribution < 1.29 is 9.53 Å². The lowest BCUT2D eigenvalue weighted by atomic mass is 10.0. The van der Waals surface area contributed by atoms with E-state index in [-0.39, 0.29) is 12.5 Å². The Labute approximate surface area is 112 Å². The van der Waals surface area contributed by atoms with Gasteiger partial charge in [0, 0.05) is 57.5 Å². The monoisotopic (exact) mass is 262 g/mol. The van der Waals surface area contributed by atoms with E-state index in [0.717, 1.165) is 32.1 Å². The minimum atomic E-state index is 0.0967. The number of ether oxygens (including phenoxy) is 1. The third-order valence-corrected chi connectivity index (χ3v) is 3.94. The molecule has 2 unspecified atom stereocenters. The van der Waals surface area contributed by atoms with E-state index in [4.69, 9.17) is 4.74 Å². The first-order valence-corrected chi connectivity index (χ1v) is 6.56. The van der Waals surface area contributed by atoms with Crippen LogP contribution in [0.1, 0.15) is 0 Å². The highest BCUT2D eigenvalue weighted by atomic mass is 16.5. The van der Waals surface area contributed by atoms with Crippen LogP contribution in [0, 0.1) is 11.8 Å². The SMILES string of the molecule is COCC(=O)N1CC2CN(c3ncccn3)CC2C1. The van der Waals surface area contributed by atoms with Gasteiger partial charge in [0.05, 0.1) is 0 Å². The molecule has 0 radical (unpaired) electrons. The normalized spacial score (nSPS) is 25.7. The minimum absolute atomic E-state index is 0.0967. The molecule has 19 heavy (non-hydrogen) atoms. The van der Waals surface area contributed by atoms with E-state index in [1.807, 2.05) is 11.0 Å². The Morgan fingerprint density at radius 2 is 1.89 bits per heavy atom. The second-order valence-corrected chi connectivity index (χ2v) is 5.21. The fourth-order valence-corrected chi connectivity index (χ4v) is 3.03. The predicted octanol–water partition coefficient (Wildman–Crippen LogP) is 0.0176. The zero-order chi connectivity index (χ0) is 13.2. The molecule has 3 heterocycles. The van der Waals surface area contributed by atoms with Crippen molar-refractivity contribution in [3.8, 4) is 0 Å². The van der Waals surface area contributed by atoms with Crippen LogP contribution in [0.4, 0.5) is 5.95 Å². The van der Waals surface area contributed by atoms with Crippen molar-refractivity contribution in [2.75, 3.05) is 44.8 Å². The molecule has 6 heteroatoms. The molecule has 1 amide bonds. The van der Waals surface area contributed by atoms with Gasteiger partial charge >= 0.3 is 0 Å². The number of hydrogen-bond acceptors (Lipinski definition) is 5. The number of aromatic nitrogens is 2. The molecule has 0 spiro atoms. The molecule has 102 valence electrons. The number of anilines is 1. The van der Waals surface area contributed by atoms with E-state index < -0.39 is 0 Å². The molecular formula is C13H18N4O2. The van der Waals surface area contributed by atoms with Gasteiger partial charge in [-0.15, -0.1) is 0 Å². The lowest BCUT2D eigenvalue weighted by Crippen LogP contribution is -2.35. The Morgan fingerprint density at radius 3 is 2.47 bits per heavy atom. The first-order valence-electron chi connectivity index (χ1n) is 6.56. The third kappa shape index (κ3) is 2.40. The summed E-state index contributed by atoms with van der Waals surface area (Å²) in [4.78, 5) is 24.5. The van der Waals surface area contributed by atoms with Crippen LogP contribution in [0.2, 0.25) is 0 Å². The largest absolute Gasteiger partial charge is 0.375 e. The van der Waals surface area contributed by atoms with Crippen molar-refractivity contribution in [2.24, 2.45) is 11.8 Å². The van der Waals surface area contributed by atoms with Gasteiger partial charge < -0.3 is 14.5 Å². The Kier molecular flexibility index (Phi) is 3.33. The minimum Gasteiger partial charge on any atom is -0.375 e. The van der Waals surface area contributed by atoms with Crippen molar-refractivity contribution in [3.05, 3.63) is 18.5 Å². The highest BCUT2D eigenvalue weighted by molar-refractivity contribution is 5.77. The van der Waals surface area contributed by atoms with Crippen LogP contribution in [0.15, 0.2) is 18.5 Å². The molecule has 2 saturated heterocycles. The number of fused-ring (bicyclic) bond motifs is 1. The molecule has 2 fully saturated rings. The zero-order valence-electron chi connectivity index (χ0n) is 11.0. The molecular weight excluding hydrogens is 244 g/mol. The topological polar surface area (TPSA) is 58.6 Å². The van der Waals surface area contributed by atoms with Gasteiger partial charge in [0.1, 0.15) is 6.61 Å². The molecule has 6 nitrogen and oxygen atoms in total. The van der Waals surface area contributed by atoms with Crippen LogP contribution >= 0.6 is 0 Å². The molecule has 0 aliphatic carbocycles. The van der Waals surface area contributed by atoms with Crippen LogP contribution in [0.3, 0.4) is 0 Å². The lowest BCUT2D eigenvalue weighted by molar-refractivity contribution is -0.134. The number of hydrogen-bond donors (Lipinski definition) is 0. The molecule has 0 saturated carbocycles. The number of nitrogens with zero attached hydrogens (tertiary/aromatic N) is 4. The van der Waals surface area contributed by atoms with Crippen molar-refractivity contribution in [2.45, 2.75) is 0 Å². The maximum atomic E-state index is 11.8. The van der Waals surface area contributed by atoms with Gasteiger partial charge in [-0.25, -0.2) is 9.97 Å². The Bertz CT molecular complexity index is 439. The van der Waals surface area contributed by atoms with Gasteiger partial charge in [-0.2, -0.15) is 0 Å². The highest BCUT2D eigenvalue weighted by Crippen LogP contribution is 2.32. The first-order chi connectivity index (χ1) is 9.28. The number of methoxy groups -OCH3 is 1. The average molecular weight is 262 g/mol. The van der Waals surface area contributed by atoms with Gasteiger partial charge in [-0.05, 0) is 6.07 Å². The van der Waals surface area contributed by atoms with E-state index in [1.165, 1.54) is 0 Å². The molecule has 1 aromatic heterocycles. The van der Waals surface area contributed by atoms with E-state index in [9.17, 15) is 4.79 Å². The zero-order valence-corrected chi connectivity index (χ0v) is 11.0. The summed E-state index contributed by atoms with van der Waals surface area (Å²) in [5.74, 6) is 1.96. The van der Waals surface area contributed by atoms with Crippen LogP contribution in [-0.2, 0) is 9.53 Å². The average Bonchev–Trinajstić information content (AvgIpc) is 2.98.